The molecule has 0 aromatic carbocycles. The maximum atomic E-state index is 11.4. The number of ether oxygens (including phenoxy) is 1. The van der Waals surface area contributed by atoms with Crippen LogP contribution in [-0.4, -0.2) is 25.0 Å². The molecule has 0 fully saturated rings. The van der Waals surface area contributed by atoms with Gasteiger partial charge < -0.3 is 14.5 Å². The van der Waals surface area contributed by atoms with Gasteiger partial charge in [0.1, 0.15) is 0 Å². The van der Waals surface area contributed by atoms with Crippen molar-refractivity contribution in [3.63, 3.8) is 0 Å². The summed E-state index contributed by atoms with van der Waals surface area (Å²) in [5.41, 5.74) is 0.653. The van der Waals surface area contributed by atoms with Crippen LogP contribution in [0, 0.1) is 18.3 Å². The van der Waals surface area contributed by atoms with Crippen molar-refractivity contribution in [2.75, 3.05) is 13.2 Å². The minimum absolute atomic E-state index is 0.0924. The second-order valence-electron chi connectivity index (χ2n) is 3.27. The molecule has 17 heavy (non-hydrogen) atoms. The van der Waals surface area contributed by atoms with Crippen LogP contribution in [0.3, 0.4) is 0 Å². The minimum atomic E-state index is -0.678. The number of nitrogens with one attached hydrogen (secondary N) is 1. The SMILES string of the molecule is Cc1ccoc1C(=O)OCC(=O)NCCC#N. The number of hydrogen-bond acceptors (Lipinski definition) is 5. The molecule has 6 nitrogen and oxygen atoms in total. The molecule has 1 N–H and O–H groups in total. The molecule has 0 saturated heterocycles. The van der Waals surface area contributed by atoms with E-state index in [4.69, 9.17) is 14.4 Å². The monoisotopic (exact) mass is 236 g/mol. The van der Waals surface area contributed by atoms with Gasteiger partial charge in [-0.1, -0.05) is 0 Å². The highest BCUT2D eigenvalue weighted by molar-refractivity contribution is 5.90. The van der Waals surface area contributed by atoms with Crippen LogP contribution in [0.25, 0.3) is 0 Å². The van der Waals surface area contributed by atoms with Gasteiger partial charge in [0.15, 0.2) is 6.61 Å². The average molecular weight is 236 g/mol. The van der Waals surface area contributed by atoms with Crippen molar-refractivity contribution in [3.8, 4) is 6.07 Å². The summed E-state index contributed by atoms with van der Waals surface area (Å²) < 4.78 is 9.64. The van der Waals surface area contributed by atoms with Crippen molar-refractivity contribution >= 4 is 11.9 Å². The van der Waals surface area contributed by atoms with Crippen molar-refractivity contribution in [2.45, 2.75) is 13.3 Å². The highest BCUT2D eigenvalue weighted by Crippen LogP contribution is 2.09. The first-order valence-electron chi connectivity index (χ1n) is 5.00. The largest absolute Gasteiger partial charge is 0.457 e. The first kappa shape index (κ1) is 12.8. The zero-order chi connectivity index (χ0) is 12.7. The van der Waals surface area contributed by atoms with Crippen LogP contribution in [-0.2, 0) is 9.53 Å². The molecule has 1 aromatic rings. The molecule has 1 rings (SSSR count). The summed E-state index contributed by atoms with van der Waals surface area (Å²) in [6.07, 6.45) is 1.59. The van der Waals surface area contributed by atoms with Crippen molar-refractivity contribution in [1.82, 2.24) is 5.32 Å². The van der Waals surface area contributed by atoms with Crippen molar-refractivity contribution < 1.29 is 18.7 Å². The van der Waals surface area contributed by atoms with Gasteiger partial charge in [-0.2, -0.15) is 5.26 Å². The van der Waals surface area contributed by atoms with E-state index in [1.54, 1.807) is 13.0 Å². The van der Waals surface area contributed by atoms with Crippen LogP contribution >= 0.6 is 0 Å². The number of rotatable bonds is 5. The number of nitriles is 1. The van der Waals surface area contributed by atoms with E-state index >= 15 is 0 Å². The van der Waals surface area contributed by atoms with Crippen LogP contribution in [0.1, 0.15) is 22.5 Å². The van der Waals surface area contributed by atoms with Crippen molar-refractivity contribution in [3.05, 3.63) is 23.7 Å². The van der Waals surface area contributed by atoms with Crippen LogP contribution < -0.4 is 5.32 Å². The zero-order valence-electron chi connectivity index (χ0n) is 9.36. The number of hydrogen-bond donors (Lipinski definition) is 1. The molecule has 0 atom stereocenters. The van der Waals surface area contributed by atoms with Gasteiger partial charge in [0.05, 0.1) is 18.8 Å². The van der Waals surface area contributed by atoms with E-state index in [0.717, 1.165) is 0 Å². The van der Waals surface area contributed by atoms with E-state index in [9.17, 15) is 9.59 Å². The van der Waals surface area contributed by atoms with E-state index in [2.05, 4.69) is 5.32 Å². The standard InChI is InChI=1S/C11H12N2O4/c1-8-3-6-16-10(8)11(15)17-7-9(14)13-5-2-4-12/h3,6H,2,5,7H2,1H3,(H,13,14). The molecule has 0 radical (unpaired) electrons. The second kappa shape index (κ2) is 6.33. The van der Waals surface area contributed by atoms with Gasteiger partial charge in [-0.25, -0.2) is 4.79 Å². The molecule has 1 amide bonds. The van der Waals surface area contributed by atoms with Gasteiger partial charge in [-0.3, -0.25) is 4.79 Å². The van der Waals surface area contributed by atoms with E-state index in [-0.39, 0.29) is 25.3 Å². The number of carbonyl (C=O) groups is 2. The minimum Gasteiger partial charge on any atom is -0.457 e. The molecular formula is C11H12N2O4. The lowest BCUT2D eigenvalue weighted by molar-refractivity contribution is -0.124. The first-order chi connectivity index (χ1) is 8.15. The lowest BCUT2D eigenvalue weighted by Gasteiger charge is -2.03. The fourth-order valence-electron chi connectivity index (χ4n) is 1.09. The Morgan fingerprint density at radius 3 is 2.94 bits per heavy atom. The average Bonchev–Trinajstić information content (AvgIpc) is 2.73. The van der Waals surface area contributed by atoms with Crippen molar-refractivity contribution in [1.29, 1.82) is 5.26 Å². The summed E-state index contributed by atoms with van der Waals surface area (Å²) in [6.45, 7) is 1.56. The summed E-state index contributed by atoms with van der Waals surface area (Å²) in [5, 5.41) is 10.7. The van der Waals surface area contributed by atoms with E-state index < -0.39 is 11.9 Å². The molecule has 0 aliphatic carbocycles. The quantitative estimate of drug-likeness (QED) is 0.602. The van der Waals surface area contributed by atoms with Gasteiger partial charge in [0, 0.05) is 12.1 Å². The Morgan fingerprint density at radius 1 is 1.59 bits per heavy atom. The highest BCUT2D eigenvalue weighted by atomic mass is 16.5. The van der Waals surface area contributed by atoms with Crippen molar-refractivity contribution in [2.24, 2.45) is 0 Å². The Labute approximate surface area is 98.2 Å². The number of amides is 1. The predicted molar refractivity (Wildman–Crippen MR) is 57.0 cm³/mol. The Kier molecular flexibility index (Phi) is 4.76. The summed E-state index contributed by atoms with van der Waals surface area (Å²) in [5.74, 6) is -1.03. The molecular weight excluding hydrogens is 224 g/mol. The van der Waals surface area contributed by atoms with Crippen LogP contribution in [0.15, 0.2) is 16.7 Å². The van der Waals surface area contributed by atoms with E-state index in [1.165, 1.54) is 6.26 Å². The summed E-state index contributed by atoms with van der Waals surface area (Å²) in [7, 11) is 0. The molecule has 0 saturated carbocycles. The normalized spacial score (nSPS) is 9.41. The fourth-order valence-corrected chi connectivity index (χ4v) is 1.09. The molecule has 0 bridgehead atoms. The van der Waals surface area contributed by atoms with Crippen LogP contribution in [0.5, 0.6) is 0 Å². The third kappa shape index (κ3) is 3.99. The Hall–Kier alpha value is -2.29. The fraction of sp³-hybridized carbons (Fsp3) is 0.364. The molecule has 1 aromatic heterocycles. The Bertz CT molecular complexity index is 445. The maximum absolute atomic E-state index is 11.4. The third-order valence-electron chi connectivity index (χ3n) is 1.94. The molecule has 0 aliphatic rings. The zero-order valence-corrected chi connectivity index (χ0v) is 9.36. The number of carbonyl (C=O) groups excluding carboxylic acids is 2. The molecule has 6 heteroatoms. The maximum Gasteiger partial charge on any atom is 0.375 e. The predicted octanol–water partition coefficient (Wildman–Crippen LogP) is 0.775. The molecule has 0 spiro atoms. The summed E-state index contributed by atoms with van der Waals surface area (Å²) in [6, 6.07) is 3.51. The first-order valence-corrected chi connectivity index (χ1v) is 5.00. The van der Waals surface area contributed by atoms with Gasteiger partial charge in [-0.15, -0.1) is 0 Å². The second-order valence-corrected chi connectivity index (χ2v) is 3.27. The van der Waals surface area contributed by atoms with Crippen LogP contribution in [0.4, 0.5) is 0 Å². The molecule has 90 valence electrons. The molecule has 1 heterocycles. The number of furan rings is 1. The number of esters is 1. The Balaban J connectivity index is 2.32. The molecule has 0 unspecified atom stereocenters. The summed E-state index contributed by atoms with van der Waals surface area (Å²) >= 11 is 0. The molecule has 0 aliphatic heterocycles. The van der Waals surface area contributed by atoms with E-state index in [0.29, 0.717) is 5.56 Å². The van der Waals surface area contributed by atoms with E-state index in [1.807, 2.05) is 6.07 Å². The lowest BCUT2D eigenvalue weighted by Crippen LogP contribution is -2.29. The van der Waals surface area contributed by atoms with Gasteiger partial charge in [0.2, 0.25) is 5.76 Å². The van der Waals surface area contributed by atoms with Crippen LogP contribution in [0.2, 0.25) is 0 Å². The highest BCUT2D eigenvalue weighted by Gasteiger charge is 2.15. The smallest absolute Gasteiger partial charge is 0.375 e. The topological polar surface area (TPSA) is 92.3 Å². The third-order valence-corrected chi connectivity index (χ3v) is 1.94. The van der Waals surface area contributed by atoms with Gasteiger partial charge in [0.25, 0.3) is 5.91 Å². The van der Waals surface area contributed by atoms with Gasteiger partial charge >= 0.3 is 5.97 Å². The van der Waals surface area contributed by atoms with Gasteiger partial charge in [-0.05, 0) is 13.0 Å². The number of nitrogens with zero attached hydrogens (tertiary/aromatic N) is 1. The Morgan fingerprint density at radius 2 is 2.35 bits per heavy atom. The lowest BCUT2D eigenvalue weighted by atomic mass is 10.3. The summed E-state index contributed by atoms with van der Waals surface area (Å²) in [4.78, 5) is 22.6. The number of aryl methyl sites for hydroxylation is 1.